The molecule has 1 aliphatic rings. The average molecular weight is 187 g/mol. The number of piperidine rings is 1. The van der Waals surface area contributed by atoms with Crippen LogP contribution in [-0.2, 0) is 9.47 Å². The first kappa shape index (κ1) is 11.0. The van der Waals surface area contributed by atoms with Crippen LogP contribution in [0.15, 0.2) is 0 Å². The van der Waals surface area contributed by atoms with Crippen LogP contribution in [0.25, 0.3) is 0 Å². The van der Waals surface area contributed by atoms with Crippen LogP contribution < -0.4 is 0 Å². The molecular formula is C10H21NO2. The van der Waals surface area contributed by atoms with Crippen molar-refractivity contribution in [3.8, 4) is 0 Å². The van der Waals surface area contributed by atoms with E-state index < -0.39 is 0 Å². The highest BCUT2D eigenvalue weighted by atomic mass is 16.5. The second kappa shape index (κ2) is 6.35. The third-order valence-electron chi connectivity index (χ3n) is 2.63. The van der Waals surface area contributed by atoms with Crippen LogP contribution in [0.2, 0.25) is 0 Å². The summed E-state index contributed by atoms with van der Waals surface area (Å²) in [6.07, 6.45) is 4.02. The molecule has 0 unspecified atom stereocenters. The fourth-order valence-corrected chi connectivity index (χ4v) is 1.93. The lowest BCUT2D eigenvalue weighted by Crippen LogP contribution is -2.44. The molecule has 0 aliphatic carbocycles. The van der Waals surface area contributed by atoms with Crippen molar-refractivity contribution in [3.05, 3.63) is 0 Å². The molecule has 1 rings (SSSR count). The van der Waals surface area contributed by atoms with Crippen LogP contribution in [0.3, 0.4) is 0 Å². The topological polar surface area (TPSA) is 21.7 Å². The van der Waals surface area contributed by atoms with Gasteiger partial charge in [0.2, 0.25) is 0 Å². The van der Waals surface area contributed by atoms with Crippen LogP contribution in [0.5, 0.6) is 0 Å². The van der Waals surface area contributed by atoms with Gasteiger partial charge in [0.15, 0.2) is 0 Å². The number of nitrogens with zero attached hydrogens (tertiary/aromatic N) is 1. The van der Waals surface area contributed by atoms with Gasteiger partial charge < -0.3 is 9.47 Å². The molecule has 0 aromatic rings. The maximum absolute atomic E-state index is 5.19. The van der Waals surface area contributed by atoms with Crippen LogP contribution >= 0.6 is 0 Å². The predicted octanol–water partition coefficient (Wildman–Crippen LogP) is 1.13. The Balaban J connectivity index is 2.32. The Morgan fingerprint density at radius 1 is 1.00 bits per heavy atom. The van der Waals surface area contributed by atoms with Gasteiger partial charge in [-0.05, 0) is 25.9 Å². The highest BCUT2D eigenvalue weighted by Gasteiger charge is 2.19. The van der Waals surface area contributed by atoms with E-state index in [4.69, 9.17) is 9.47 Å². The maximum Gasteiger partial charge on any atom is 0.0640 e. The van der Waals surface area contributed by atoms with Crippen molar-refractivity contribution in [2.45, 2.75) is 25.3 Å². The number of ether oxygens (including phenoxy) is 2. The molecule has 3 heteroatoms. The van der Waals surface area contributed by atoms with E-state index in [0.717, 1.165) is 13.2 Å². The number of rotatable bonds is 5. The quantitative estimate of drug-likeness (QED) is 0.644. The highest BCUT2D eigenvalue weighted by Crippen LogP contribution is 2.12. The maximum atomic E-state index is 5.19. The van der Waals surface area contributed by atoms with E-state index in [1.807, 2.05) is 0 Å². The fourth-order valence-electron chi connectivity index (χ4n) is 1.93. The number of methoxy groups -OCH3 is 2. The molecule has 0 atom stereocenters. The Hall–Kier alpha value is -0.120. The summed E-state index contributed by atoms with van der Waals surface area (Å²) in [7, 11) is 3.51. The molecule has 3 nitrogen and oxygen atoms in total. The van der Waals surface area contributed by atoms with Gasteiger partial charge in [-0.3, -0.25) is 4.90 Å². The van der Waals surface area contributed by atoms with Crippen molar-refractivity contribution in [2.24, 2.45) is 0 Å². The molecule has 0 saturated carbocycles. The number of likely N-dealkylation sites (tertiary alicyclic amines) is 1. The van der Waals surface area contributed by atoms with Crippen molar-refractivity contribution >= 4 is 0 Å². The molecule has 1 saturated heterocycles. The van der Waals surface area contributed by atoms with Crippen LogP contribution in [0.4, 0.5) is 0 Å². The summed E-state index contributed by atoms with van der Waals surface area (Å²) in [6.45, 7) is 3.98. The predicted molar refractivity (Wildman–Crippen MR) is 53.0 cm³/mol. The first-order valence-electron chi connectivity index (χ1n) is 5.10. The lowest BCUT2D eigenvalue weighted by Gasteiger charge is -2.33. The van der Waals surface area contributed by atoms with E-state index in [1.165, 1.54) is 32.4 Å². The first-order valence-corrected chi connectivity index (χ1v) is 5.10. The highest BCUT2D eigenvalue weighted by molar-refractivity contribution is 4.74. The standard InChI is InChI=1S/C10H21NO2/c1-12-8-10(9-13-2)11-6-4-3-5-7-11/h10H,3-9H2,1-2H3. The van der Waals surface area contributed by atoms with E-state index >= 15 is 0 Å². The van der Waals surface area contributed by atoms with Crippen LogP contribution in [0.1, 0.15) is 19.3 Å². The van der Waals surface area contributed by atoms with Gasteiger partial charge in [0, 0.05) is 14.2 Å². The fraction of sp³-hybridized carbons (Fsp3) is 1.00. The Labute approximate surface area is 81.0 Å². The summed E-state index contributed by atoms with van der Waals surface area (Å²) in [5.74, 6) is 0. The van der Waals surface area contributed by atoms with Crippen LogP contribution in [-0.4, -0.2) is 51.5 Å². The van der Waals surface area contributed by atoms with Gasteiger partial charge in [-0.1, -0.05) is 6.42 Å². The van der Waals surface area contributed by atoms with Crippen molar-refractivity contribution in [1.82, 2.24) is 4.90 Å². The molecule has 1 heterocycles. The van der Waals surface area contributed by atoms with E-state index in [2.05, 4.69) is 4.90 Å². The van der Waals surface area contributed by atoms with Gasteiger partial charge >= 0.3 is 0 Å². The van der Waals surface area contributed by atoms with E-state index in [0.29, 0.717) is 6.04 Å². The second-order valence-corrected chi connectivity index (χ2v) is 3.66. The molecule has 0 aromatic carbocycles. The Morgan fingerprint density at radius 3 is 2.00 bits per heavy atom. The third-order valence-corrected chi connectivity index (χ3v) is 2.63. The van der Waals surface area contributed by atoms with Gasteiger partial charge in [0.1, 0.15) is 0 Å². The lowest BCUT2D eigenvalue weighted by molar-refractivity contribution is 0.0270. The van der Waals surface area contributed by atoms with Gasteiger partial charge in [-0.25, -0.2) is 0 Å². The SMILES string of the molecule is COCC(COC)N1CCCCC1. The van der Waals surface area contributed by atoms with E-state index in [9.17, 15) is 0 Å². The molecule has 0 amide bonds. The number of hydrogen-bond acceptors (Lipinski definition) is 3. The average Bonchev–Trinajstić information content (AvgIpc) is 2.19. The van der Waals surface area contributed by atoms with Crippen molar-refractivity contribution in [2.75, 3.05) is 40.5 Å². The summed E-state index contributed by atoms with van der Waals surface area (Å²) >= 11 is 0. The number of hydrogen-bond donors (Lipinski definition) is 0. The van der Waals surface area contributed by atoms with E-state index in [1.54, 1.807) is 14.2 Å². The lowest BCUT2D eigenvalue weighted by atomic mass is 10.1. The second-order valence-electron chi connectivity index (χ2n) is 3.66. The zero-order valence-electron chi connectivity index (χ0n) is 8.79. The summed E-state index contributed by atoms with van der Waals surface area (Å²) < 4.78 is 10.4. The molecule has 0 bridgehead atoms. The summed E-state index contributed by atoms with van der Waals surface area (Å²) in [4.78, 5) is 2.48. The zero-order chi connectivity index (χ0) is 9.52. The summed E-state index contributed by atoms with van der Waals surface area (Å²) in [6, 6.07) is 0.454. The molecule has 13 heavy (non-hydrogen) atoms. The molecule has 0 radical (unpaired) electrons. The molecular weight excluding hydrogens is 166 g/mol. The Bertz CT molecular complexity index is 118. The largest absolute Gasteiger partial charge is 0.383 e. The smallest absolute Gasteiger partial charge is 0.0640 e. The normalized spacial score (nSPS) is 19.6. The van der Waals surface area contributed by atoms with Crippen molar-refractivity contribution in [1.29, 1.82) is 0 Å². The molecule has 0 spiro atoms. The Morgan fingerprint density at radius 2 is 1.54 bits per heavy atom. The minimum absolute atomic E-state index is 0.454. The minimum Gasteiger partial charge on any atom is -0.383 e. The monoisotopic (exact) mass is 187 g/mol. The third kappa shape index (κ3) is 3.63. The Kier molecular flexibility index (Phi) is 5.35. The van der Waals surface area contributed by atoms with E-state index in [-0.39, 0.29) is 0 Å². The van der Waals surface area contributed by atoms with Gasteiger partial charge in [-0.2, -0.15) is 0 Å². The minimum atomic E-state index is 0.454. The molecule has 78 valence electrons. The van der Waals surface area contributed by atoms with Gasteiger partial charge in [0.25, 0.3) is 0 Å². The summed E-state index contributed by atoms with van der Waals surface area (Å²) in [5, 5.41) is 0. The van der Waals surface area contributed by atoms with Gasteiger partial charge in [0.05, 0.1) is 19.3 Å². The van der Waals surface area contributed by atoms with Crippen molar-refractivity contribution in [3.63, 3.8) is 0 Å². The molecule has 1 aliphatic heterocycles. The molecule has 0 N–H and O–H groups in total. The molecule has 1 fully saturated rings. The van der Waals surface area contributed by atoms with Crippen LogP contribution in [0, 0.1) is 0 Å². The molecule has 0 aromatic heterocycles. The summed E-state index contributed by atoms with van der Waals surface area (Å²) in [5.41, 5.74) is 0. The zero-order valence-corrected chi connectivity index (χ0v) is 8.79. The van der Waals surface area contributed by atoms with Gasteiger partial charge in [-0.15, -0.1) is 0 Å². The first-order chi connectivity index (χ1) is 6.38. The van der Waals surface area contributed by atoms with Crippen molar-refractivity contribution < 1.29 is 9.47 Å².